The van der Waals surface area contributed by atoms with Crippen molar-refractivity contribution in [2.45, 2.75) is 26.5 Å². The Balaban J connectivity index is 1.53. The third-order valence-electron chi connectivity index (χ3n) is 7.15. The van der Waals surface area contributed by atoms with Crippen LogP contribution < -0.4 is 19.6 Å². The van der Waals surface area contributed by atoms with Crippen molar-refractivity contribution in [1.82, 2.24) is 4.57 Å². The average Bonchev–Trinajstić information content (AvgIpc) is 3.31. The van der Waals surface area contributed by atoms with Crippen LogP contribution in [-0.4, -0.2) is 17.1 Å². The lowest BCUT2D eigenvalue weighted by Gasteiger charge is -2.24. The minimum absolute atomic E-state index is 0.170. The summed E-state index contributed by atoms with van der Waals surface area (Å²) in [6.07, 6.45) is 1.83. The Morgan fingerprint density at radius 3 is 2.50 bits per heavy atom. The summed E-state index contributed by atoms with van der Waals surface area (Å²) in [5.41, 5.74) is 2.76. The summed E-state index contributed by atoms with van der Waals surface area (Å²) in [7, 11) is 0. The highest BCUT2D eigenvalue weighted by Crippen LogP contribution is 2.32. The van der Waals surface area contributed by atoms with Crippen LogP contribution in [-0.2, 0) is 16.1 Å². The molecule has 5 aromatic rings. The van der Waals surface area contributed by atoms with Gasteiger partial charge in [-0.05, 0) is 60.0 Å². The van der Waals surface area contributed by atoms with Crippen molar-refractivity contribution in [3.05, 3.63) is 144 Å². The van der Waals surface area contributed by atoms with Crippen LogP contribution in [0.4, 0.5) is 4.39 Å². The van der Waals surface area contributed by atoms with Gasteiger partial charge in [-0.2, -0.15) is 0 Å². The molecule has 0 aliphatic carbocycles. The topological polar surface area (TPSA) is 69.9 Å². The van der Waals surface area contributed by atoms with Crippen molar-refractivity contribution in [3.63, 3.8) is 0 Å². The fraction of sp³-hybridized carbons (Fsp3) is 0.147. The van der Waals surface area contributed by atoms with Crippen LogP contribution >= 0.6 is 11.3 Å². The highest BCUT2D eigenvalue weighted by molar-refractivity contribution is 7.07. The van der Waals surface area contributed by atoms with Crippen LogP contribution in [0.3, 0.4) is 0 Å². The van der Waals surface area contributed by atoms with Gasteiger partial charge in [0.2, 0.25) is 0 Å². The van der Waals surface area contributed by atoms with E-state index < -0.39 is 17.8 Å². The van der Waals surface area contributed by atoms with Crippen molar-refractivity contribution in [1.29, 1.82) is 0 Å². The van der Waals surface area contributed by atoms with Gasteiger partial charge in [0.25, 0.3) is 5.56 Å². The number of halogens is 1. The second kappa shape index (κ2) is 11.6. The maximum Gasteiger partial charge on any atom is 0.338 e. The molecular formula is C34H27FN2O4S. The molecule has 0 saturated carbocycles. The number of allylic oxidation sites excluding steroid dienone is 1. The molecule has 0 amide bonds. The summed E-state index contributed by atoms with van der Waals surface area (Å²) in [4.78, 5) is 32.3. The summed E-state index contributed by atoms with van der Waals surface area (Å²) in [5.74, 6) is -0.335. The number of carbonyl (C=O) groups excluding carboxylic acids is 1. The van der Waals surface area contributed by atoms with E-state index in [0.29, 0.717) is 33.0 Å². The van der Waals surface area contributed by atoms with Crippen LogP contribution in [0.1, 0.15) is 36.6 Å². The van der Waals surface area contributed by atoms with Crippen LogP contribution in [0.5, 0.6) is 5.75 Å². The number of nitrogens with zero attached hydrogens (tertiary/aromatic N) is 2. The van der Waals surface area contributed by atoms with E-state index in [0.717, 1.165) is 21.9 Å². The van der Waals surface area contributed by atoms with Crippen LogP contribution in [0.2, 0.25) is 0 Å². The van der Waals surface area contributed by atoms with Gasteiger partial charge in [0.15, 0.2) is 4.80 Å². The normalized spacial score (nSPS) is 14.9. The Labute approximate surface area is 245 Å². The fourth-order valence-corrected chi connectivity index (χ4v) is 6.20. The molecule has 6 nitrogen and oxygen atoms in total. The van der Waals surface area contributed by atoms with E-state index in [1.807, 2.05) is 72.8 Å². The van der Waals surface area contributed by atoms with Crippen LogP contribution in [0.15, 0.2) is 112 Å². The Hall–Kier alpha value is -4.82. The summed E-state index contributed by atoms with van der Waals surface area (Å²) in [6, 6.07) is 26.7. The molecule has 1 aliphatic rings. The van der Waals surface area contributed by atoms with E-state index in [-0.39, 0.29) is 17.7 Å². The second-order valence-corrected chi connectivity index (χ2v) is 10.8. The number of thiazole rings is 1. The molecule has 2 heterocycles. The van der Waals surface area contributed by atoms with E-state index in [4.69, 9.17) is 9.47 Å². The number of benzene rings is 4. The lowest BCUT2D eigenvalue weighted by atomic mass is 9.96. The first kappa shape index (κ1) is 27.4. The van der Waals surface area contributed by atoms with E-state index >= 15 is 0 Å². The smallest absolute Gasteiger partial charge is 0.338 e. The monoisotopic (exact) mass is 578 g/mol. The van der Waals surface area contributed by atoms with Gasteiger partial charge in [-0.3, -0.25) is 9.36 Å². The van der Waals surface area contributed by atoms with E-state index in [1.165, 1.54) is 28.0 Å². The number of ether oxygens (including phenoxy) is 2. The van der Waals surface area contributed by atoms with Gasteiger partial charge >= 0.3 is 5.97 Å². The third kappa shape index (κ3) is 5.17. The summed E-state index contributed by atoms with van der Waals surface area (Å²) in [5, 5.41) is 1.94. The van der Waals surface area contributed by atoms with E-state index in [1.54, 1.807) is 26.0 Å². The zero-order valence-electron chi connectivity index (χ0n) is 23.0. The molecule has 1 atom stereocenters. The first-order valence-corrected chi connectivity index (χ1v) is 14.4. The average molecular weight is 579 g/mol. The molecule has 42 heavy (non-hydrogen) atoms. The maximum atomic E-state index is 14.1. The molecule has 210 valence electrons. The molecule has 0 bridgehead atoms. The molecule has 1 aliphatic heterocycles. The first-order valence-electron chi connectivity index (χ1n) is 13.6. The van der Waals surface area contributed by atoms with Crippen molar-refractivity contribution in [2.24, 2.45) is 4.99 Å². The third-order valence-corrected chi connectivity index (χ3v) is 8.13. The summed E-state index contributed by atoms with van der Waals surface area (Å²) < 4.78 is 27.4. The first-order chi connectivity index (χ1) is 20.4. The Bertz CT molecular complexity index is 2010. The minimum Gasteiger partial charge on any atom is -0.488 e. The Morgan fingerprint density at radius 2 is 1.74 bits per heavy atom. The number of hydrogen-bond acceptors (Lipinski definition) is 6. The molecule has 6 rings (SSSR count). The number of esters is 1. The summed E-state index contributed by atoms with van der Waals surface area (Å²) >= 11 is 1.23. The van der Waals surface area contributed by atoms with Crippen molar-refractivity contribution >= 4 is 34.2 Å². The number of aromatic nitrogens is 1. The van der Waals surface area contributed by atoms with Crippen molar-refractivity contribution < 1.29 is 18.7 Å². The number of hydrogen-bond donors (Lipinski definition) is 0. The highest BCUT2D eigenvalue weighted by atomic mass is 32.1. The zero-order valence-corrected chi connectivity index (χ0v) is 23.9. The molecule has 8 heteroatoms. The van der Waals surface area contributed by atoms with Crippen molar-refractivity contribution in [2.75, 3.05) is 6.61 Å². The molecule has 4 aromatic carbocycles. The Kier molecular flexibility index (Phi) is 7.54. The van der Waals surface area contributed by atoms with Gasteiger partial charge in [0.05, 0.1) is 28.5 Å². The molecule has 0 spiro atoms. The quantitative estimate of drug-likeness (QED) is 0.234. The maximum absolute atomic E-state index is 14.1. The molecule has 0 radical (unpaired) electrons. The predicted molar refractivity (Wildman–Crippen MR) is 162 cm³/mol. The van der Waals surface area contributed by atoms with Gasteiger partial charge in [-0.15, -0.1) is 0 Å². The van der Waals surface area contributed by atoms with E-state index in [9.17, 15) is 14.0 Å². The van der Waals surface area contributed by atoms with Crippen LogP contribution in [0.25, 0.3) is 16.8 Å². The molecule has 1 aromatic heterocycles. The molecule has 0 fully saturated rings. The number of fused-ring (bicyclic) bond motifs is 2. The fourth-order valence-electron chi connectivity index (χ4n) is 5.17. The van der Waals surface area contributed by atoms with Gasteiger partial charge in [-0.25, -0.2) is 14.2 Å². The predicted octanol–water partition coefficient (Wildman–Crippen LogP) is 5.67. The molecule has 0 saturated heterocycles. The van der Waals surface area contributed by atoms with Crippen molar-refractivity contribution in [3.8, 4) is 5.75 Å². The number of rotatable bonds is 7. The van der Waals surface area contributed by atoms with Gasteiger partial charge in [-0.1, -0.05) is 84.1 Å². The van der Waals surface area contributed by atoms with Crippen LogP contribution in [0, 0.1) is 5.82 Å². The molecule has 0 unspecified atom stereocenters. The van der Waals surface area contributed by atoms with Gasteiger partial charge in [0.1, 0.15) is 18.2 Å². The number of carbonyl (C=O) groups is 1. The second-order valence-electron chi connectivity index (χ2n) is 9.83. The zero-order chi connectivity index (χ0) is 29.2. The lowest BCUT2D eigenvalue weighted by molar-refractivity contribution is -0.139. The largest absolute Gasteiger partial charge is 0.488 e. The standard InChI is InChI=1S/C34H27FN2O4S/c1-3-40-33(39)30-21(2)36-34-37(31(30)24-13-16-25(35)17-14-24)32(38)29(42-34)19-27-26-12-8-7-11-23(26)15-18-28(27)41-20-22-9-5-4-6-10-22/h4-19,31H,3,20H2,1-2H3/b29-19-/t31-/m1/s1. The molecule has 0 N–H and O–H groups in total. The van der Waals surface area contributed by atoms with E-state index in [2.05, 4.69) is 4.99 Å². The minimum atomic E-state index is -0.815. The Morgan fingerprint density at radius 1 is 1.00 bits per heavy atom. The van der Waals surface area contributed by atoms with Gasteiger partial charge < -0.3 is 9.47 Å². The van der Waals surface area contributed by atoms with Gasteiger partial charge in [0, 0.05) is 5.56 Å². The highest BCUT2D eigenvalue weighted by Gasteiger charge is 2.33. The SMILES string of the molecule is CCOC(=O)C1=C(C)N=c2s/c(=C\c3c(OCc4ccccc4)ccc4ccccc34)c(=O)n2[C@@H]1c1ccc(F)cc1. The summed E-state index contributed by atoms with van der Waals surface area (Å²) in [6.45, 7) is 3.98. The lowest BCUT2D eigenvalue weighted by Crippen LogP contribution is -2.39. The molecular weight excluding hydrogens is 551 g/mol.